The number of nitro benzene ring substituents is 1. The number of hydrogen-bond donors (Lipinski definition) is 1. The van der Waals surface area contributed by atoms with Gasteiger partial charge in [-0.3, -0.25) is 19.7 Å². The maximum absolute atomic E-state index is 14.1. The first-order chi connectivity index (χ1) is 13.0. The lowest BCUT2D eigenvalue weighted by Crippen LogP contribution is -2.44. The van der Waals surface area contributed by atoms with Crippen LogP contribution in [0, 0.1) is 21.8 Å². The van der Waals surface area contributed by atoms with E-state index in [1.807, 2.05) is 18.2 Å². The summed E-state index contributed by atoms with van der Waals surface area (Å²) in [7, 11) is 0. The van der Waals surface area contributed by atoms with Gasteiger partial charge in [-0.15, -0.1) is 0 Å². The largest absolute Gasteiger partial charge is 0.338 e. The van der Waals surface area contributed by atoms with Gasteiger partial charge in [-0.1, -0.05) is 18.2 Å². The highest BCUT2D eigenvalue weighted by Gasteiger charge is 2.30. The molecule has 1 saturated heterocycles. The summed E-state index contributed by atoms with van der Waals surface area (Å²) >= 11 is 0. The molecule has 2 aromatic carbocycles. The Balaban J connectivity index is 1.69. The van der Waals surface area contributed by atoms with Gasteiger partial charge in [0.15, 0.2) is 0 Å². The number of halogens is 1. The van der Waals surface area contributed by atoms with Gasteiger partial charge in [-0.2, -0.15) is 0 Å². The molecule has 1 heterocycles. The minimum Gasteiger partial charge on any atom is -0.338 e. The summed E-state index contributed by atoms with van der Waals surface area (Å²) in [4.78, 5) is 36.5. The highest BCUT2D eigenvalue weighted by Crippen LogP contribution is 2.23. The number of amides is 2. The van der Waals surface area contributed by atoms with E-state index in [0.29, 0.717) is 25.1 Å². The number of anilines is 1. The molecular weight excluding hydrogens is 353 g/mol. The first kappa shape index (κ1) is 18.5. The van der Waals surface area contributed by atoms with E-state index in [2.05, 4.69) is 5.32 Å². The van der Waals surface area contributed by atoms with Gasteiger partial charge in [0, 0.05) is 24.8 Å². The number of carbonyl (C=O) groups excluding carboxylic acids is 2. The average Bonchev–Trinajstić information content (AvgIpc) is 2.68. The van der Waals surface area contributed by atoms with Crippen molar-refractivity contribution in [3.8, 4) is 0 Å². The van der Waals surface area contributed by atoms with E-state index in [1.165, 1.54) is 4.90 Å². The molecule has 0 saturated carbocycles. The first-order valence-electron chi connectivity index (χ1n) is 8.55. The number of piperidine rings is 1. The second-order valence-electron chi connectivity index (χ2n) is 6.37. The molecule has 1 N–H and O–H groups in total. The third-order valence-electron chi connectivity index (χ3n) is 4.51. The fourth-order valence-electron chi connectivity index (χ4n) is 3.10. The summed E-state index contributed by atoms with van der Waals surface area (Å²) in [5, 5.41) is 13.5. The Morgan fingerprint density at radius 2 is 1.93 bits per heavy atom. The Labute approximate surface area is 154 Å². The Hall–Kier alpha value is -3.29. The summed E-state index contributed by atoms with van der Waals surface area (Å²) in [6.07, 6.45) is 1.25. The van der Waals surface area contributed by atoms with Crippen LogP contribution < -0.4 is 5.32 Å². The molecule has 1 aliphatic heterocycles. The van der Waals surface area contributed by atoms with E-state index in [0.717, 1.165) is 18.2 Å². The maximum atomic E-state index is 14.1. The van der Waals surface area contributed by atoms with Crippen LogP contribution in [0.4, 0.5) is 15.8 Å². The second-order valence-corrected chi connectivity index (χ2v) is 6.37. The van der Waals surface area contributed by atoms with Crippen LogP contribution in [-0.2, 0) is 4.79 Å². The van der Waals surface area contributed by atoms with Crippen molar-refractivity contribution in [1.29, 1.82) is 0 Å². The van der Waals surface area contributed by atoms with Crippen molar-refractivity contribution in [1.82, 2.24) is 4.90 Å². The van der Waals surface area contributed by atoms with Gasteiger partial charge in [-0.05, 0) is 31.0 Å². The number of likely N-dealkylation sites (tertiary alicyclic amines) is 1. The van der Waals surface area contributed by atoms with Gasteiger partial charge in [0.1, 0.15) is 5.82 Å². The monoisotopic (exact) mass is 371 g/mol. The number of rotatable bonds is 4. The van der Waals surface area contributed by atoms with Gasteiger partial charge in [0.05, 0.1) is 22.5 Å². The average molecular weight is 371 g/mol. The molecule has 7 nitrogen and oxygen atoms in total. The quantitative estimate of drug-likeness (QED) is 0.660. The molecule has 0 spiro atoms. The Kier molecular flexibility index (Phi) is 5.44. The van der Waals surface area contributed by atoms with Gasteiger partial charge in [0.2, 0.25) is 5.91 Å². The lowest BCUT2D eigenvalue weighted by Gasteiger charge is -2.32. The first-order valence-corrected chi connectivity index (χ1v) is 8.55. The molecule has 0 aromatic heterocycles. The van der Waals surface area contributed by atoms with Gasteiger partial charge in [-0.25, -0.2) is 4.39 Å². The predicted molar refractivity (Wildman–Crippen MR) is 96.8 cm³/mol. The number of nitro groups is 1. The van der Waals surface area contributed by atoms with Crippen molar-refractivity contribution in [2.75, 3.05) is 18.4 Å². The normalized spacial score (nSPS) is 16.6. The summed E-state index contributed by atoms with van der Waals surface area (Å²) in [5.74, 6) is -2.10. The van der Waals surface area contributed by atoms with Crippen LogP contribution in [0.15, 0.2) is 48.5 Å². The molecule has 140 valence electrons. The van der Waals surface area contributed by atoms with Crippen LogP contribution >= 0.6 is 0 Å². The number of nitrogens with zero attached hydrogens (tertiary/aromatic N) is 2. The molecule has 8 heteroatoms. The molecule has 0 bridgehead atoms. The van der Waals surface area contributed by atoms with Crippen molar-refractivity contribution in [2.45, 2.75) is 12.8 Å². The number of carbonyl (C=O) groups is 2. The van der Waals surface area contributed by atoms with Gasteiger partial charge >= 0.3 is 0 Å². The number of benzene rings is 2. The molecular formula is C19H18FN3O4. The summed E-state index contributed by atoms with van der Waals surface area (Å²) in [6.45, 7) is 0.582. The van der Waals surface area contributed by atoms with Crippen molar-refractivity contribution in [3.63, 3.8) is 0 Å². The van der Waals surface area contributed by atoms with Gasteiger partial charge in [0.25, 0.3) is 11.6 Å². The molecule has 3 rings (SSSR count). The van der Waals surface area contributed by atoms with E-state index >= 15 is 0 Å². The fourth-order valence-corrected chi connectivity index (χ4v) is 3.10. The lowest BCUT2D eigenvalue weighted by molar-refractivity contribution is -0.385. The Morgan fingerprint density at radius 1 is 1.19 bits per heavy atom. The molecule has 2 amide bonds. The number of para-hydroxylation sites is 1. The van der Waals surface area contributed by atoms with Crippen LogP contribution in [0.3, 0.4) is 0 Å². The van der Waals surface area contributed by atoms with Gasteiger partial charge < -0.3 is 10.2 Å². The molecule has 1 atom stereocenters. The molecule has 1 unspecified atom stereocenters. The molecule has 27 heavy (non-hydrogen) atoms. The number of hydrogen-bond acceptors (Lipinski definition) is 4. The van der Waals surface area contributed by atoms with Crippen LogP contribution in [0.5, 0.6) is 0 Å². The minimum absolute atomic E-state index is 0.175. The van der Waals surface area contributed by atoms with Crippen molar-refractivity contribution in [2.24, 2.45) is 5.92 Å². The molecule has 2 aromatic rings. The standard InChI is InChI=1S/C19H18FN3O4/c20-17-11-15(23(26)27)8-9-16(17)19(25)22-10-4-5-13(12-22)18(24)21-14-6-2-1-3-7-14/h1-3,6-9,11,13H,4-5,10,12H2,(H,21,24). The molecule has 0 radical (unpaired) electrons. The molecule has 1 fully saturated rings. The summed E-state index contributed by atoms with van der Waals surface area (Å²) in [6, 6.07) is 12.0. The van der Waals surface area contributed by atoms with E-state index in [9.17, 15) is 24.1 Å². The van der Waals surface area contributed by atoms with E-state index in [4.69, 9.17) is 0 Å². The lowest BCUT2D eigenvalue weighted by atomic mass is 9.96. The number of nitrogens with one attached hydrogen (secondary N) is 1. The fraction of sp³-hybridized carbons (Fsp3) is 0.263. The predicted octanol–water partition coefficient (Wildman–Crippen LogP) is 3.22. The van der Waals surface area contributed by atoms with Crippen LogP contribution in [0.2, 0.25) is 0 Å². The van der Waals surface area contributed by atoms with Crippen molar-refractivity contribution in [3.05, 3.63) is 70.0 Å². The smallest absolute Gasteiger partial charge is 0.272 e. The highest BCUT2D eigenvalue weighted by atomic mass is 19.1. The Morgan fingerprint density at radius 3 is 2.59 bits per heavy atom. The summed E-state index contributed by atoms with van der Waals surface area (Å²) < 4.78 is 14.1. The minimum atomic E-state index is -0.940. The van der Waals surface area contributed by atoms with E-state index in [-0.39, 0.29) is 18.0 Å². The molecule has 1 aliphatic rings. The Bertz CT molecular complexity index is 873. The number of non-ortho nitro benzene ring substituents is 1. The third-order valence-corrected chi connectivity index (χ3v) is 4.51. The zero-order valence-corrected chi connectivity index (χ0v) is 14.4. The van der Waals surface area contributed by atoms with E-state index in [1.54, 1.807) is 12.1 Å². The summed E-state index contributed by atoms with van der Waals surface area (Å²) in [5.41, 5.74) is 0.0277. The van der Waals surface area contributed by atoms with E-state index < -0.39 is 28.3 Å². The highest BCUT2D eigenvalue weighted by molar-refractivity contribution is 5.96. The van der Waals surface area contributed by atoms with Crippen LogP contribution in [-0.4, -0.2) is 34.7 Å². The van der Waals surface area contributed by atoms with Crippen molar-refractivity contribution < 1.29 is 18.9 Å². The SMILES string of the molecule is O=C(Nc1ccccc1)C1CCCN(C(=O)c2ccc([N+](=O)[O-])cc2F)C1. The zero-order valence-electron chi connectivity index (χ0n) is 14.4. The molecule has 0 aliphatic carbocycles. The topological polar surface area (TPSA) is 92.6 Å². The van der Waals surface area contributed by atoms with Crippen molar-refractivity contribution >= 4 is 23.2 Å². The van der Waals surface area contributed by atoms with Crippen LogP contribution in [0.1, 0.15) is 23.2 Å². The van der Waals surface area contributed by atoms with Crippen LogP contribution in [0.25, 0.3) is 0 Å². The third kappa shape index (κ3) is 4.28. The zero-order chi connectivity index (χ0) is 19.4. The maximum Gasteiger partial charge on any atom is 0.272 e. The second kappa shape index (κ2) is 7.94.